The summed E-state index contributed by atoms with van der Waals surface area (Å²) in [5.41, 5.74) is 1.18. The molecule has 1 heterocycles. The van der Waals surface area contributed by atoms with Gasteiger partial charge in [-0.3, -0.25) is 4.79 Å². The molecule has 0 radical (unpaired) electrons. The molecule has 3 aromatic rings. The maximum Gasteiger partial charge on any atom is 0.248 e. The maximum absolute atomic E-state index is 11.2. The Balaban J connectivity index is 1.96. The van der Waals surface area contributed by atoms with Crippen molar-refractivity contribution in [3.8, 4) is 17.6 Å². The van der Waals surface area contributed by atoms with E-state index in [1.165, 1.54) is 6.07 Å². The predicted octanol–water partition coefficient (Wildman–Crippen LogP) is 3.19. The summed E-state index contributed by atoms with van der Waals surface area (Å²) < 4.78 is 5.72. The third-order valence-corrected chi connectivity index (χ3v) is 2.89. The van der Waals surface area contributed by atoms with Crippen LogP contribution in [0.25, 0.3) is 10.9 Å². The van der Waals surface area contributed by atoms with E-state index in [1.54, 1.807) is 42.5 Å². The molecule has 3 rings (SSSR count). The lowest BCUT2D eigenvalue weighted by Crippen LogP contribution is -2.01. The molecule has 0 aliphatic heterocycles. The fourth-order valence-electron chi connectivity index (χ4n) is 1.96. The summed E-state index contributed by atoms with van der Waals surface area (Å²) in [6.45, 7) is 0. The average Bonchev–Trinajstić information content (AvgIpc) is 2.47. The molecule has 0 bridgehead atoms. The van der Waals surface area contributed by atoms with E-state index in [0.29, 0.717) is 17.1 Å². The van der Waals surface area contributed by atoms with Crippen molar-refractivity contribution in [1.82, 2.24) is 4.98 Å². The van der Waals surface area contributed by atoms with E-state index < -0.39 is 0 Å². The van der Waals surface area contributed by atoms with Gasteiger partial charge in [0.2, 0.25) is 5.56 Å². The van der Waals surface area contributed by atoms with Crippen LogP contribution in [0, 0.1) is 11.3 Å². The minimum Gasteiger partial charge on any atom is -0.457 e. The Bertz CT molecular complexity index is 875. The van der Waals surface area contributed by atoms with E-state index in [0.717, 1.165) is 10.9 Å². The minimum absolute atomic E-state index is 0.132. The van der Waals surface area contributed by atoms with Gasteiger partial charge in [0.15, 0.2) is 0 Å². The summed E-state index contributed by atoms with van der Waals surface area (Å²) in [6, 6.07) is 17.6. The van der Waals surface area contributed by atoms with Crippen molar-refractivity contribution < 1.29 is 4.74 Å². The zero-order valence-corrected chi connectivity index (χ0v) is 10.5. The zero-order valence-electron chi connectivity index (χ0n) is 10.5. The Labute approximate surface area is 114 Å². The summed E-state index contributed by atoms with van der Waals surface area (Å²) in [5, 5.41) is 9.74. The molecule has 4 nitrogen and oxygen atoms in total. The summed E-state index contributed by atoms with van der Waals surface area (Å²) in [5.74, 6) is 1.26. The van der Waals surface area contributed by atoms with E-state index in [9.17, 15) is 4.79 Å². The highest BCUT2D eigenvalue weighted by atomic mass is 16.5. The molecule has 1 N–H and O–H groups in total. The molecule has 96 valence electrons. The van der Waals surface area contributed by atoms with Crippen LogP contribution in [0.15, 0.2) is 59.4 Å². The van der Waals surface area contributed by atoms with Crippen LogP contribution in [0.2, 0.25) is 0 Å². The molecule has 0 saturated carbocycles. The normalized spacial score (nSPS) is 10.2. The highest BCUT2D eigenvalue weighted by molar-refractivity contribution is 5.79. The molecule has 0 fully saturated rings. The third-order valence-electron chi connectivity index (χ3n) is 2.89. The standard InChI is InChI=1S/C16H10N2O2/c17-10-11-2-1-3-13(8-11)20-14-5-6-15-12(9-14)4-7-16(19)18-15/h1-9H,(H,18,19). The van der Waals surface area contributed by atoms with Gasteiger partial charge in [-0.25, -0.2) is 0 Å². The molecule has 0 unspecified atom stereocenters. The second-order valence-electron chi connectivity index (χ2n) is 4.31. The number of aromatic amines is 1. The van der Waals surface area contributed by atoms with Crippen molar-refractivity contribution in [2.45, 2.75) is 0 Å². The van der Waals surface area contributed by atoms with Crippen molar-refractivity contribution in [1.29, 1.82) is 5.26 Å². The highest BCUT2D eigenvalue weighted by Gasteiger charge is 2.01. The van der Waals surface area contributed by atoms with Crippen molar-refractivity contribution >= 4 is 10.9 Å². The number of fused-ring (bicyclic) bond motifs is 1. The second kappa shape index (κ2) is 4.90. The number of nitrogens with zero attached hydrogens (tertiary/aromatic N) is 1. The van der Waals surface area contributed by atoms with Gasteiger partial charge < -0.3 is 9.72 Å². The van der Waals surface area contributed by atoms with Gasteiger partial charge in [-0.05, 0) is 42.5 Å². The van der Waals surface area contributed by atoms with E-state index in [-0.39, 0.29) is 5.56 Å². The molecular weight excluding hydrogens is 252 g/mol. The number of H-pyrrole nitrogens is 1. The lowest BCUT2D eigenvalue weighted by atomic mass is 10.2. The van der Waals surface area contributed by atoms with Gasteiger partial charge in [-0.2, -0.15) is 5.26 Å². The molecule has 0 atom stereocenters. The Morgan fingerprint density at radius 3 is 2.70 bits per heavy atom. The molecule has 1 aromatic heterocycles. The van der Waals surface area contributed by atoms with Gasteiger partial charge in [-0.1, -0.05) is 6.07 Å². The number of hydrogen-bond donors (Lipinski definition) is 1. The Morgan fingerprint density at radius 2 is 1.85 bits per heavy atom. The number of pyridine rings is 1. The van der Waals surface area contributed by atoms with Crippen LogP contribution in [0.5, 0.6) is 11.5 Å². The van der Waals surface area contributed by atoms with Gasteiger partial charge >= 0.3 is 0 Å². The van der Waals surface area contributed by atoms with Gasteiger partial charge in [0.1, 0.15) is 11.5 Å². The molecule has 0 amide bonds. The van der Waals surface area contributed by atoms with Gasteiger partial charge in [0.25, 0.3) is 0 Å². The van der Waals surface area contributed by atoms with Crippen LogP contribution in [-0.4, -0.2) is 4.98 Å². The number of aromatic nitrogens is 1. The largest absolute Gasteiger partial charge is 0.457 e. The maximum atomic E-state index is 11.2. The first-order valence-electron chi connectivity index (χ1n) is 6.06. The molecule has 20 heavy (non-hydrogen) atoms. The van der Waals surface area contributed by atoms with Crippen molar-refractivity contribution in [2.75, 3.05) is 0 Å². The first kappa shape index (κ1) is 12.0. The van der Waals surface area contributed by atoms with E-state index in [1.807, 2.05) is 6.07 Å². The molecule has 0 aliphatic rings. The van der Waals surface area contributed by atoms with Crippen molar-refractivity contribution in [3.63, 3.8) is 0 Å². The van der Waals surface area contributed by atoms with Gasteiger partial charge in [0.05, 0.1) is 11.6 Å². The van der Waals surface area contributed by atoms with Crippen molar-refractivity contribution in [2.24, 2.45) is 0 Å². The number of benzene rings is 2. The fourth-order valence-corrected chi connectivity index (χ4v) is 1.96. The summed E-state index contributed by atoms with van der Waals surface area (Å²) in [4.78, 5) is 14.0. The van der Waals surface area contributed by atoms with Crippen molar-refractivity contribution in [3.05, 3.63) is 70.5 Å². The average molecular weight is 262 g/mol. The SMILES string of the molecule is N#Cc1cccc(Oc2ccc3[nH]c(=O)ccc3c2)c1. The fraction of sp³-hybridized carbons (Fsp3) is 0. The molecule has 2 aromatic carbocycles. The van der Waals surface area contributed by atoms with Gasteiger partial charge in [-0.15, -0.1) is 0 Å². The Kier molecular flexibility index (Phi) is 2.94. The van der Waals surface area contributed by atoms with Crippen LogP contribution >= 0.6 is 0 Å². The first-order valence-corrected chi connectivity index (χ1v) is 6.06. The predicted molar refractivity (Wildman–Crippen MR) is 75.8 cm³/mol. The number of nitrogens with one attached hydrogen (secondary N) is 1. The monoisotopic (exact) mass is 262 g/mol. The molecule has 0 spiro atoms. The molecular formula is C16H10N2O2. The van der Waals surface area contributed by atoms with Crippen LogP contribution in [0.4, 0.5) is 0 Å². The first-order chi connectivity index (χ1) is 9.74. The second-order valence-corrected chi connectivity index (χ2v) is 4.31. The summed E-state index contributed by atoms with van der Waals surface area (Å²) >= 11 is 0. The van der Waals surface area contributed by atoms with Crippen LogP contribution < -0.4 is 10.3 Å². The lowest BCUT2D eigenvalue weighted by Gasteiger charge is -2.07. The van der Waals surface area contributed by atoms with Gasteiger partial charge in [0, 0.05) is 17.0 Å². The number of hydrogen-bond acceptors (Lipinski definition) is 3. The van der Waals surface area contributed by atoms with E-state index in [4.69, 9.17) is 10.00 Å². The van der Waals surface area contributed by atoms with Crippen LogP contribution in [-0.2, 0) is 0 Å². The minimum atomic E-state index is -0.132. The number of ether oxygens (including phenoxy) is 1. The molecule has 0 aliphatic carbocycles. The quantitative estimate of drug-likeness (QED) is 0.771. The third kappa shape index (κ3) is 2.38. The lowest BCUT2D eigenvalue weighted by molar-refractivity contribution is 0.483. The highest BCUT2D eigenvalue weighted by Crippen LogP contribution is 2.24. The number of nitriles is 1. The topological polar surface area (TPSA) is 65.9 Å². The summed E-state index contributed by atoms with van der Waals surface area (Å²) in [6.07, 6.45) is 0. The Morgan fingerprint density at radius 1 is 1.00 bits per heavy atom. The van der Waals surface area contributed by atoms with E-state index >= 15 is 0 Å². The zero-order chi connectivity index (χ0) is 13.9. The molecule has 0 saturated heterocycles. The van der Waals surface area contributed by atoms with E-state index in [2.05, 4.69) is 11.1 Å². The molecule has 4 heteroatoms. The smallest absolute Gasteiger partial charge is 0.248 e. The Hall–Kier alpha value is -3.06. The van der Waals surface area contributed by atoms with Crippen LogP contribution in [0.3, 0.4) is 0 Å². The summed E-state index contributed by atoms with van der Waals surface area (Å²) in [7, 11) is 0. The van der Waals surface area contributed by atoms with Crippen LogP contribution in [0.1, 0.15) is 5.56 Å². The number of rotatable bonds is 2.